The molecule has 0 amide bonds. The molecule has 0 aromatic carbocycles. The van der Waals surface area contributed by atoms with Crippen molar-refractivity contribution in [3.63, 3.8) is 0 Å². The smallest absolute Gasteiger partial charge is 0.213 e. The number of carbonyl (C=O) groups excluding carboxylic acids is 1. The third kappa shape index (κ3) is 10.1. The number of methoxy groups -OCH3 is 1. The van der Waals surface area contributed by atoms with E-state index < -0.39 is 19.1 Å². The maximum absolute atomic E-state index is 13.9. The Morgan fingerprint density at radius 3 is 2.40 bits per heavy atom. The molecule has 0 radical (unpaired) electrons. The number of aliphatic hydroxyl groups is 3. The van der Waals surface area contributed by atoms with Crippen molar-refractivity contribution in [3.8, 4) is 0 Å². The Hall–Kier alpha value is -1.34. The fourth-order valence-corrected chi connectivity index (χ4v) is 13.1. The Labute approximate surface area is 359 Å². The summed E-state index contributed by atoms with van der Waals surface area (Å²) in [6, 6.07) is 2.48. The number of aliphatic imine (C=N–C) groups is 1. The molecule has 0 aromatic rings. The fraction of sp³-hybridized carbons (Fsp3) is 0.956. The number of ketones is 1. The highest BCUT2D eigenvalue weighted by atomic mass is 16.6. The Morgan fingerprint density at radius 1 is 0.850 bits per heavy atom. The van der Waals surface area contributed by atoms with Crippen LogP contribution < -0.4 is 31.9 Å². The standard InChI is InChI=1S/C45H81N9O6/c1-5-19-60-44(57)48-25-39(56)53-17-7-11-36(53)42-46-24-35(51-42)29-13-15-31(38(55)22-29)33-21-30-20-28(14-16-32(30)49-33)34-23-47-43(50-34)37-12-8-18-54(37)41(27-9-6-10-27)40(26(2)3)52-45(58)59-4/h26-37,39-41,43-45,47-50,52,56-58H,5-25H2,1-4H3,(H,46,51). The Bertz CT molecular complexity index is 1420. The number of Topliss-reactive ketones (excluding diaryl/α,β-unsaturated/α-hetero) is 1. The molecule has 0 bridgehead atoms. The van der Waals surface area contributed by atoms with E-state index >= 15 is 0 Å². The maximum Gasteiger partial charge on any atom is 0.213 e. The van der Waals surface area contributed by atoms with Crippen LogP contribution in [0.15, 0.2) is 4.99 Å². The number of carbonyl (C=O) groups is 1. The number of aliphatic hydroxyl groups excluding tert-OH is 3. The summed E-state index contributed by atoms with van der Waals surface area (Å²) in [6.45, 7) is 10.8. The molecule has 8 aliphatic rings. The number of nitrogens with zero attached hydrogens (tertiary/aromatic N) is 3. The highest BCUT2D eigenvalue weighted by molar-refractivity contribution is 5.90. The van der Waals surface area contributed by atoms with E-state index in [1.54, 1.807) is 7.11 Å². The van der Waals surface area contributed by atoms with Gasteiger partial charge in [0.05, 0.1) is 31.4 Å². The monoisotopic (exact) mass is 844 g/mol. The number of nitrogens with one attached hydrogen (secondary N) is 6. The fourth-order valence-electron chi connectivity index (χ4n) is 13.1. The lowest BCUT2D eigenvalue weighted by molar-refractivity contribution is -0.129. The van der Waals surface area contributed by atoms with Gasteiger partial charge in [-0.15, -0.1) is 0 Å². The first-order chi connectivity index (χ1) is 29.1. The van der Waals surface area contributed by atoms with Gasteiger partial charge < -0.3 is 35.4 Å². The van der Waals surface area contributed by atoms with Gasteiger partial charge in [0.2, 0.25) is 12.8 Å². The van der Waals surface area contributed by atoms with Gasteiger partial charge in [-0.1, -0.05) is 27.2 Å². The minimum absolute atomic E-state index is 0.0207. The second kappa shape index (κ2) is 20.7. The molecule has 3 saturated carbocycles. The summed E-state index contributed by atoms with van der Waals surface area (Å²) in [5.41, 5.74) is 0. The van der Waals surface area contributed by atoms with Gasteiger partial charge in [-0.05, 0) is 120 Å². The average Bonchev–Trinajstić information content (AvgIpc) is 4.08. The van der Waals surface area contributed by atoms with E-state index in [-0.39, 0.29) is 42.7 Å². The summed E-state index contributed by atoms with van der Waals surface area (Å²) in [4.78, 5) is 23.7. The first-order valence-electron chi connectivity index (χ1n) is 24.4. The zero-order valence-corrected chi connectivity index (χ0v) is 37.1. The minimum Gasteiger partial charge on any atom is -0.377 e. The molecular weight excluding hydrogens is 763 g/mol. The van der Waals surface area contributed by atoms with Crippen LogP contribution in [0.4, 0.5) is 0 Å². The van der Waals surface area contributed by atoms with Crippen molar-refractivity contribution in [2.24, 2.45) is 40.5 Å². The molecule has 8 rings (SSSR count). The third-order valence-corrected chi connectivity index (χ3v) is 16.4. The second-order valence-corrected chi connectivity index (χ2v) is 20.4. The molecule has 0 aromatic heterocycles. The molecule has 5 heterocycles. The van der Waals surface area contributed by atoms with Crippen LogP contribution in [0.25, 0.3) is 0 Å². The topological polar surface area (TPSA) is 187 Å². The molecule has 3 aliphatic carbocycles. The van der Waals surface area contributed by atoms with Gasteiger partial charge >= 0.3 is 0 Å². The summed E-state index contributed by atoms with van der Waals surface area (Å²) < 4.78 is 10.6. The Morgan fingerprint density at radius 2 is 1.65 bits per heavy atom. The number of amidine groups is 1. The van der Waals surface area contributed by atoms with Gasteiger partial charge in [0.25, 0.3) is 0 Å². The second-order valence-electron chi connectivity index (χ2n) is 20.4. The van der Waals surface area contributed by atoms with E-state index in [1.807, 2.05) is 6.92 Å². The van der Waals surface area contributed by atoms with Crippen molar-refractivity contribution >= 4 is 11.6 Å². The molecule has 15 nitrogen and oxygen atoms in total. The Balaban J connectivity index is 0.794. The molecular formula is C45H81N9O6. The van der Waals surface area contributed by atoms with Crippen LogP contribution >= 0.6 is 0 Å². The SMILES string of the molecule is CCCOC(O)NCC(O)N1CCCC1C1=NCC(C2CCC(C3CC4CC(C5CNC(C6CCCN6C(C6CCC6)C(NC(O)OC)C(C)C)N5)CCC4N3)C(=O)C2)N1. The van der Waals surface area contributed by atoms with Crippen molar-refractivity contribution in [2.45, 2.75) is 191 Å². The quantitative estimate of drug-likeness (QED) is 0.0855. The number of hydrogen-bond acceptors (Lipinski definition) is 15. The van der Waals surface area contributed by atoms with Gasteiger partial charge in [0.1, 0.15) is 17.8 Å². The van der Waals surface area contributed by atoms with Crippen molar-refractivity contribution in [1.29, 1.82) is 0 Å². The number of hydrogen-bond donors (Lipinski definition) is 9. The number of fused-ring (bicyclic) bond motifs is 1. The molecule has 15 heteroatoms. The molecule has 7 fully saturated rings. The molecule has 4 saturated heterocycles. The molecule has 342 valence electrons. The van der Waals surface area contributed by atoms with Crippen molar-refractivity contribution in [1.82, 2.24) is 41.7 Å². The van der Waals surface area contributed by atoms with Gasteiger partial charge in [-0.25, -0.2) is 0 Å². The first-order valence-corrected chi connectivity index (χ1v) is 24.4. The van der Waals surface area contributed by atoms with Gasteiger partial charge in [-0.3, -0.25) is 40.9 Å². The predicted octanol–water partition coefficient (Wildman–Crippen LogP) is 1.62. The van der Waals surface area contributed by atoms with E-state index in [9.17, 15) is 20.1 Å². The number of likely N-dealkylation sites (tertiary alicyclic amines) is 2. The summed E-state index contributed by atoms with van der Waals surface area (Å²) in [5, 5.41) is 53.7. The van der Waals surface area contributed by atoms with Crippen LogP contribution in [0.1, 0.15) is 117 Å². The van der Waals surface area contributed by atoms with Crippen molar-refractivity contribution in [3.05, 3.63) is 0 Å². The highest BCUT2D eigenvalue weighted by Gasteiger charge is 2.50. The molecule has 60 heavy (non-hydrogen) atoms. The van der Waals surface area contributed by atoms with E-state index in [1.165, 1.54) is 51.4 Å². The highest BCUT2D eigenvalue weighted by Crippen LogP contribution is 2.44. The van der Waals surface area contributed by atoms with E-state index in [4.69, 9.17) is 14.5 Å². The third-order valence-electron chi connectivity index (χ3n) is 16.4. The summed E-state index contributed by atoms with van der Waals surface area (Å²) in [6.07, 6.45) is 13.9. The molecule has 16 unspecified atom stereocenters. The Kier molecular flexibility index (Phi) is 15.6. The van der Waals surface area contributed by atoms with Gasteiger partial charge in [0.15, 0.2) is 0 Å². The largest absolute Gasteiger partial charge is 0.377 e. The zero-order chi connectivity index (χ0) is 41.9. The minimum atomic E-state index is -1.09. The molecule has 16 atom stereocenters. The van der Waals surface area contributed by atoms with Gasteiger partial charge in [-0.2, -0.15) is 0 Å². The van der Waals surface area contributed by atoms with Crippen LogP contribution in [0.3, 0.4) is 0 Å². The number of rotatable bonds is 19. The summed E-state index contributed by atoms with van der Waals surface area (Å²) in [5.74, 6) is 4.09. The van der Waals surface area contributed by atoms with Crippen LogP contribution in [-0.4, -0.2) is 157 Å². The van der Waals surface area contributed by atoms with E-state index in [0.29, 0.717) is 79.2 Å². The normalized spacial score (nSPS) is 39.4. The molecule has 0 spiro atoms. The van der Waals surface area contributed by atoms with Crippen molar-refractivity contribution in [2.75, 3.05) is 46.4 Å². The predicted molar refractivity (Wildman–Crippen MR) is 232 cm³/mol. The molecule has 5 aliphatic heterocycles. The van der Waals surface area contributed by atoms with E-state index in [0.717, 1.165) is 64.0 Å². The first kappa shape index (κ1) is 45.2. The number of ether oxygens (including phenoxy) is 2. The van der Waals surface area contributed by atoms with Crippen LogP contribution in [-0.2, 0) is 14.3 Å². The van der Waals surface area contributed by atoms with Crippen molar-refractivity contribution < 1.29 is 29.6 Å². The van der Waals surface area contributed by atoms with E-state index in [2.05, 4.69) is 55.5 Å². The van der Waals surface area contributed by atoms with Crippen LogP contribution in [0, 0.1) is 35.5 Å². The summed E-state index contributed by atoms with van der Waals surface area (Å²) in [7, 11) is 1.57. The lowest BCUT2D eigenvalue weighted by Crippen LogP contribution is -2.63. The zero-order valence-electron chi connectivity index (χ0n) is 37.1. The van der Waals surface area contributed by atoms with Crippen LogP contribution in [0.5, 0.6) is 0 Å². The van der Waals surface area contributed by atoms with Gasteiger partial charge in [0, 0.05) is 75.3 Å². The molecule has 9 N–H and O–H groups in total. The lowest BCUT2D eigenvalue weighted by Gasteiger charge is -2.48. The maximum atomic E-state index is 13.9. The lowest BCUT2D eigenvalue weighted by atomic mass is 9.72. The average molecular weight is 844 g/mol. The summed E-state index contributed by atoms with van der Waals surface area (Å²) >= 11 is 0. The van der Waals surface area contributed by atoms with Crippen LogP contribution in [0.2, 0.25) is 0 Å².